The molecule has 0 bridgehead atoms. The van der Waals surface area contributed by atoms with Crippen molar-refractivity contribution in [2.75, 3.05) is 13.6 Å². The van der Waals surface area contributed by atoms with Crippen LogP contribution in [0.4, 0.5) is 0 Å². The molecule has 6 heteroatoms. The van der Waals surface area contributed by atoms with Gasteiger partial charge >= 0.3 is 0 Å². The normalized spacial score (nSPS) is 25.3. The van der Waals surface area contributed by atoms with Crippen LogP contribution in [0.3, 0.4) is 0 Å². The van der Waals surface area contributed by atoms with Crippen molar-refractivity contribution in [2.45, 2.75) is 44.0 Å². The van der Waals surface area contributed by atoms with Gasteiger partial charge < -0.3 is 5.32 Å². The monoisotopic (exact) mass is 338 g/mol. The highest BCUT2D eigenvalue weighted by Crippen LogP contribution is 2.29. The molecular formula is C17H26N2O3S. The van der Waals surface area contributed by atoms with E-state index >= 15 is 0 Å². The van der Waals surface area contributed by atoms with Gasteiger partial charge in [0, 0.05) is 13.1 Å². The summed E-state index contributed by atoms with van der Waals surface area (Å²) in [5.41, 5.74) is 0. The van der Waals surface area contributed by atoms with Crippen LogP contribution in [-0.4, -0.2) is 38.3 Å². The maximum absolute atomic E-state index is 12.4. The molecule has 1 fully saturated rings. The summed E-state index contributed by atoms with van der Waals surface area (Å²) in [5, 5.41) is 3.01. The van der Waals surface area contributed by atoms with Gasteiger partial charge in [-0.25, -0.2) is 8.42 Å². The van der Waals surface area contributed by atoms with Crippen molar-refractivity contribution in [3.05, 3.63) is 30.3 Å². The van der Waals surface area contributed by atoms with Crippen LogP contribution in [0.2, 0.25) is 0 Å². The summed E-state index contributed by atoms with van der Waals surface area (Å²) in [6.45, 7) is 4.20. The molecule has 0 heterocycles. The molecule has 3 atom stereocenters. The van der Waals surface area contributed by atoms with E-state index in [0.717, 1.165) is 17.1 Å². The lowest BCUT2D eigenvalue weighted by Crippen LogP contribution is -2.47. The first-order valence-electron chi connectivity index (χ1n) is 8.13. The molecule has 5 nitrogen and oxygen atoms in total. The average Bonchev–Trinajstić information content (AvgIpc) is 2.52. The Morgan fingerprint density at radius 3 is 2.52 bits per heavy atom. The largest absolute Gasteiger partial charge is 0.352 e. The topological polar surface area (TPSA) is 66.5 Å². The number of likely N-dealkylation sites (N-methyl/N-ethyl adjacent to an activating group) is 1. The summed E-state index contributed by atoms with van der Waals surface area (Å²) in [7, 11) is -2.19. The maximum Gasteiger partial charge on any atom is 0.243 e. The number of carbonyl (C=O) groups excluding carboxylic acids is 1. The third kappa shape index (κ3) is 4.32. The first-order chi connectivity index (χ1) is 10.8. The molecule has 1 aromatic rings. The van der Waals surface area contributed by atoms with E-state index in [0.29, 0.717) is 11.8 Å². The summed E-state index contributed by atoms with van der Waals surface area (Å²) >= 11 is 0. The molecule has 23 heavy (non-hydrogen) atoms. The van der Waals surface area contributed by atoms with Crippen LogP contribution >= 0.6 is 0 Å². The van der Waals surface area contributed by atoms with Gasteiger partial charge in [0.15, 0.2) is 0 Å². The molecule has 1 amide bonds. The van der Waals surface area contributed by atoms with E-state index in [2.05, 4.69) is 19.2 Å². The number of rotatable bonds is 5. The van der Waals surface area contributed by atoms with Crippen LogP contribution in [0.1, 0.15) is 33.1 Å². The molecule has 0 radical (unpaired) electrons. The first-order valence-corrected chi connectivity index (χ1v) is 9.57. The molecule has 128 valence electrons. The average molecular weight is 338 g/mol. The van der Waals surface area contributed by atoms with Gasteiger partial charge in [0.1, 0.15) is 0 Å². The third-order valence-corrected chi connectivity index (χ3v) is 6.69. The van der Waals surface area contributed by atoms with Gasteiger partial charge in [-0.2, -0.15) is 4.31 Å². The van der Waals surface area contributed by atoms with Crippen molar-refractivity contribution < 1.29 is 13.2 Å². The summed E-state index contributed by atoms with van der Waals surface area (Å²) in [6, 6.07) is 8.32. The van der Waals surface area contributed by atoms with E-state index in [-0.39, 0.29) is 23.4 Å². The van der Waals surface area contributed by atoms with Gasteiger partial charge in [-0.05, 0) is 30.4 Å². The number of benzene rings is 1. The highest BCUT2D eigenvalue weighted by Gasteiger charge is 2.29. The number of nitrogens with zero attached hydrogens (tertiary/aromatic N) is 1. The van der Waals surface area contributed by atoms with Gasteiger partial charge in [-0.3, -0.25) is 4.79 Å². The molecule has 0 aliphatic heterocycles. The smallest absolute Gasteiger partial charge is 0.243 e. The minimum atomic E-state index is -3.63. The minimum Gasteiger partial charge on any atom is -0.352 e. The molecule has 0 aromatic heterocycles. The summed E-state index contributed by atoms with van der Waals surface area (Å²) in [4.78, 5) is 12.4. The highest BCUT2D eigenvalue weighted by atomic mass is 32.2. The van der Waals surface area contributed by atoms with Gasteiger partial charge in [0.05, 0.1) is 11.4 Å². The third-order valence-electron chi connectivity index (χ3n) is 4.87. The Bertz CT molecular complexity index is 630. The highest BCUT2D eigenvalue weighted by molar-refractivity contribution is 7.89. The second kappa shape index (κ2) is 7.45. The van der Waals surface area contributed by atoms with Gasteiger partial charge in [-0.15, -0.1) is 0 Å². The fourth-order valence-electron chi connectivity index (χ4n) is 3.10. The van der Waals surface area contributed by atoms with Crippen molar-refractivity contribution in [1.29, 1.82) is 0 Å². The van der Waals surface area contributed by atoms with Gasteiger partial charge in [0.2, 0.25) is 15.9 Å². The second-order valence-corrected chi connectivity index (χ2v) is 8.56. The number of nitrogens with one attached hydrogen (secondary N) is 1. The maximum atomic E-state index is 12.4. The zero-order valence-electron chi connectivity index (χ0n) is 14.0. The molecule has 1 aliphatic carbocycles. The first kappa shape index (κ1) is 17.9. The standard InChI is InChI=1S/C17H26N2O3S/c1-13-8-7-11-16(14(13)2)18-17(20)12-19(3)23(21,22)15-9-5-4-6-10-15/h4-6,9-10,13-14,16H,7-8,11-12H2,1-3H3,(H,18,20). The molecule has 1 aliphatic rings. The Hall–Kier alpha value is -1.40. The van der Waals surface area contributed by atoms with Crippen LogP contribution in [0.25, 0.3) is 0 Å². The summed E-state index contributed by atoms with van der Waals surface area (Å²) < 4.78 is 26.0. The van der Waals surface area contributed by atoms with Crippen LogP contribution in [0, 0.1) is 11.8 Å². The molecule has 2 rings (SSSR count). The second-order valence-electron chi connectivity index (χ2n) is 6.52. The van der Waals surface area contributed by atoms with Crippen molar-refractivity contribution in [1.82, 2.24) is 9.62 Å². The lowest BCUT2D eigenvalue weighted by molar-refractivity contribution is -0.122. The zero-order valence-corrected chi connectivity index (χ0v) is 14.8. The fraction of sp³-hybridized carbons (Fsp3) is 0.588. The molecule has 1 saturated carbocycles. The van der Waals surface area contributed by atoms with E-state index in [1.54, 1.807) is 18.2 Å². The van der Waals surface area contributed by atoms with E-state index in [9.17, 15) is 13.2 Å². The fourth-order valence-corrected chi connectivity index (χ4v) is 4.25. The Kier molecular flexibility index (Phi) is 5.81. The van der Waals surface area contributed by atoms with Crippen molar-refractivity contribution in [3.63, 3.8) is 0 Å². The van der Waals surface area contributed by atoms with E-state index in [4.69, 9.17) is 0 Å². The van der Waals surface area contributed by atoms with Crippen LogP contribution in [-0.2, 0) is 14.8 Å². The van der Waals surface area contributed by atoms with E-state index in [1.807, 2.05) is 0 Å². The Morgan fingerprint density at radius 2 is 1.87 bits per heavy atom. The van der Waals surface area contributed by atoms with Gasteiger partial charge in [0.25, 0.3) is 0 Å². The van der Waals surface area contributed by atoms with Crippen LogP contribution in [0.15, 0.2) is 35.2 Å². The van der Waals surface area contributed by atoms with Crippen LogP contribution in [0.5, 0.6) is 0 Å². The SMILES string of the molecule is CC1CCCC(NC(=O)CN(C)S(=O)(=O)c2ccccc2)C1C. The van der Waals surface area contributed by atoms with Crippen molar-refractivity contribution >= 4 is 15.9 Å². The van der Waals surface area contributed by atoms with E-state index < -0.39 is 10.0 Å². The Labute approximate surface area is 139 Å². The predicted molar refractivity (Wildman–Crippen MR) is 90.4 cm³/mol. The number of amides is 1. The molecular weight excluding hydrogens is 312 g/mol. The van der Waals surface area contributed by atoms with Gasteiger partial charge in [-0.1, -0.05) is 44.9 Å². The minimum absolute atomic E-state index is 0.138. The van der Waals surface area contributed by atoms with Crippen LogP contribution < -0.4 is 5.32 Å². The number of hydrogen-bond donors (Lipinski definition) is 1. The van der Waals surface area contributed by atoms with Crippen molar-refractivity contribution in [2.24, 2.45) is 11.8 Å². The molecule has 1 N–H and O–H groups in total. The number of carbonyl (C=O) groups is 1. The number of sulfonamides is 1. The van der Waals surface area contributed by atoms with E-state index in [1.165, 1.54) is 25.6 Å². The zero-order chi connectivity index (χ0) is 17.0. The summed E-state index contributed by atoms with van der Waals surface area (Å²) in [5.74, 6) is 0.765. The quantitative estimate of drug-likeness (QED) is 0.895. The summed E-state index contributed by atoms with van der Waals surface area (Å²) in [6.07, 6.45) is 3.26. The molecule has 1 aromatic carbocycles. The molecule has 3 unspecified atom stereocenters. The molecule has 0 saturated heterocycles. The number of hydrogen-bond acceptors (Lipinski definition) is 3. The Balaban J connectivity index is 1.97. The lowest BCUT2D eigenvalue weighted by atomic mass is 9.78. The lowest BCUT2D eigenvalue weighted by Gasteiger charge is -2.34. The van der Waals surface area contributed by atoms with Crippen molar-refractivity contribution in [3.8, 4) is 0 Å². The predicted octanol–water partition coefficient (Wildman–Crippen LogP) is 2.25. The molecule has 0 spiro atoms. The Morgan fingerprint density at radius 1 is 1.22 bits per heavy atom.